The number of methoxy groups -OCH3 is 1. The number of aromatic nitrogens is 1. The Morgan fingerprint density at radius 1 is 1.35 bits per heavy atom. The number of fused-ring (bicyclic) bond motifs is 1. The third kappa shape index (κ3) is 2.20. The summed E-state index contributed by atoms with van der Waals surface area (Å²) >= 11 is 0. The van der Waals surface area contributed by atoms with Gasteiger partial charge < -0.3 is 9.30 Å². The van der Waals surface area contributed by atoms with E-state index in [9.17, 15) is 9.59 Å². The number of esters is 1. The van der Waals surface area contributed by atoms with Gasteiger partial charge in [0.15, 0.2) is 5.43 Å². The zero-order valence-corrected chi connectivity index (χ0v) is 9.77. The summed E-state index contributed by atoms with van der Waals surface area (Å²) in [5.41, 5.74) is 1.73. The lowest BCUT2D eigenvalue weighted by Gasteiger charge is -2.09. The van der Waals surface area contributed by atoms with E-state index in [0.29, 0.717) is 5.39 Å². The maximum absolute atomic E-state index is 11.7. The van der Waals surface area contributed by atoms with Crippen LogP contribution in [0, 0.1) is 6.92 Å². The van der Waals surface area contributed by atoms with E-state index < -0.39 is 0 Å². The van der Waals surface area contributed by atoms with Gasteiger partial charge in [0.1, 0.15) is 6.54 Å². The molecule has 2 aromatic rings. The molecule has 0 saturated heterocycles. The highest BCUT2D eigenvalue weighted by Gasteiger charge is 2.06. The SMILES string of the molecule is COC(=O)Cn1ccc(=O)c2cc(C)ccc21. The topological polar surface area (TPSA) is 48.3 Å². The quantitative estimate of drug-likeness (QED) is 0.735. The highest BCUT2D eigenvalue weighted by atomic mass is 16.5. The van der Waals surface area contributed by atoms with E-state index in [2.05, 4.69) is 4.74 Å². The number of ether oxygens (including phenoxy) is 1. The number of carbonyl (C=O) groups excluding carboxylic acids is 1. The van der Waals surface area contributed by atoms with Crippen molar-refractivity contribution >= 4 is 16.9 Å². The van der Waals surface area contributed by atoms with Gasteiger partial charge in [0.2, 0.25) is 0 Å². The molecule has 0 unspecified atom stereocenters. The molecule has 0 spiro atoms. The molecule has 0 aliphatic heterocycles. The monoisotopic (exact) mass is 231 g/mol. The predicted octanol–water partition coefficient (Wildman–Crippen LogP) is 1.48. The Kier molecular flexibility index (Phi) is 2.95. The lowest BCUT2D eigenvalue weighted by atomic mass is 10.1. The molecule has 88 valence electrons. The van der Waals surface area contributed by atoms with Crippen molar-refractivity contribution in [2.24, 2.45) is 0 Å². The molecule has 4 heteroatoms. The maximum Gasteiger partial charge on any atom is 0.325 e. The summed E-state index contributed by atoms with van der Waals surface area (Å²) in [5.74, 6) is -0.337. The van der Waals surface area contributed by atoms with Gasteiger partial charge in [-0.25, -0.2) is 0 Å². The Bertz CT molecular complexity index is 628. The van der Waals surface area contributed by atoms with Crippen molar-refractivity contribution in [3.63, 3.8) is 0 Å². The molecule has 0 aliphatic carbocycles. The number of nitrogens with zero attached hydrogens (tertiary/aromatic N) is 1. The Hall–Kier alpha value is -2.10. The fourth-order valence-corrected chi connectivity index (χ4v) is 1.77. The van der Waals surface area contributed by atoms with Crippen molar-refractivity contribution < 1.29 is 9.53 Å². The average Bonchev–Trinajstić information content (AvgIpc) is 2.33. The van der Waals surface area contributed by atoms with Crippen LogP contribution in [0.1, 0.15) is 5.56 Å². The van der Waals surface area contributed by atoms with Gasteiger partial charge in [0.25, 0.3) is 0 Å². The van der Waals surface area contributed by atoms with Gasteiger partial charge in [-0.3, -0.25) is 9.59 Å². The molecule has 1 aromatic heterocycles. The molecule has 0 atom stereocenters. The second-order valence-corrected chi connectivity index (χ2v) is 3.90. The Labute approximate surface area is 98.4 Å². The van der Waals surface area contributed by atoms with Crippen molar-refractivity contribution in [1.29, 1.82) is 0 Å². The Morgan fingerprint density at radius 3 is 2.82 bits per heavy atom. The van der Waals surface area contributed by atoms with Crippen LogP contribution in [0.2, 0.25) is 0 Å². The molecule has 0 fully saturated rings. The van der Waals surface area contributed by atoms with Gasteiger partial charge in [0.05, 0.1) is 12.6 Å². The van der Waals surface area contributed by atoms with E-state index in [1.165, 1.54) is 13.2 Å². The second-order valence-electron chi connectivity index (χ2n) is 3.90. The van der Waals surface area contributed by atoms with Crippen molar-refractivity contribution in [2.75, 3.05) is 7.11 Å². The normalized spacial score (nSPS) is 10.5. The molecular formula is C13H13NO3. The fraction of sp³-hybridized carbons (Fsp3) is 0.231. The van der Waals surface area contributed by atoms with Crippen LogP contribution in [-0.2, 0) is 16.1 Å². The molecule has 0 amide bonds. The minimum Gasteiger partial charge on any atom is -0.468 e. The van der Waals surface area contributed by atoms with Gasteiger partial charge in [-0.15, -0.1) is 0 Å². The summed E-state index contributed by atoms with van der Waals surface area (Å²) < 4.78 is 6.33. The van der Waals surface area contributed by atoms with Crippen LogP contribution in [-0.4, -0.2) is 17.6 Å². The summed E-state index contributed by atoms with van der Waals surface area (Å²) in [5, 5.41) is 0.622. The first-order valence-electron chi connectivity index (χ1n) is 5.28. The molecule has 0 radical (unpaired) electrons. The average molecular weight is 231 g/mol. The van der Waals surface area contributed by atoms with E-state index in [4.69, 9.17) is 0 Å². The van der Waals surface area contributed by atoms with Crippen molar-refractivity contribution in [3.05, 3.63) is 46.2 Å². The van der Waals surface area contributed by atoms with Crippen molar-refractivity contribution in [1.82, 2.24) is 4.57 Å². The smallest absolute Gasteiger partial charge is 0.325 e. The van der Waals surface area contributed by atoms with Crippen LogP contribution in [0.15, 0.2) is 35.3 Å². The van der Waals surface area contributed by atoms with Crippen LogP contribution in [0.25, 0.3) is 10.9 Å². The number of hydrogen-bond acceptors (Lipinski definition) is 3. The molecule has 0 N–H and O–H groups in total. The molecule has 0 bridgehead atoms. The van der Waals surface area contributed by atoms with Crippen molar-refractivity contribution in [3.8, 4) is 0 Å². The lowest BCUT2D eigenvalue weighted by molar-refractivity contribution is -0.141. The second kappa shape index (κ2) is 4.41. The van der Waals surface area contributed by atoms with Gasteiger partial charge in [-0.2, -0.15) is 0 Å². The van der Waals surface area contributed by atoms with Gasteiger partial charge >= 0.3 is 5.97 Å². The lowest BCUT2D eigenvalue weighted by Crippen LogP contribution is -2.15. The van der Waals surface area contributed by atoms with E-state index >= 15 is 0 Å². The van der Waals surface area contributed by atoms with Crippen LogP contribution in [0.5, 0.6) is 0 Å². The third-order valence-corrected chi connectivity index (χ3v) is 2.66. The molecule has 17 heavy (non-hydrogen) atoms. The first kappa shape index (κ1) is 11.4. The first-order chi connectivity index (χ1) is 8.11. The minimum absolute atomic E-state index is 0.0372. The third-order valence-electron chi connectivity index (χ3n) is 2.66. The number of benzene rings is 1. The largest absolute Gasteiger partial charge is 0.468 e. The zero-order valence-electron chi connectivity index (χ0n) is 9.77. The molecule has 1 aromatic carbocycles. The van der Waals surface area contributed by atoms with Crippen LogP contribution in [0.3, 0.4) is 0 Å². The standard InChI is InChI=1S/C13H13NO3/c1-9-3-4-11-10(7-9)12(15)5-6-14(11)8-13(16)17-2/h3-7H,8H2,1-2H3. The Balaban J connectivity index is 2.62. The van der Waals surface area contributed by atoms with Crippen LogP contribution >= 0.6 is 0 Å². The number of pyridine rings is 1. The summed E-state index contributed by atoms with van der Waals surface area (Å²) in [7, 11) is 1.34. The maximum atomic E-state index is 11.7. The van der Waals surface area contributed by atoms with Crippen LogP contribution in [0.4, 0.5) is 0 Å². The molecule has 1 heterocycles. The molecule has 2 rings (SSSR count). The molecule has 0 saturated carbocycles. The number of carbonyl (C=O) groups is 1. The van der Waals surface area contributed by atoms with Gasteiger partial charge in [0, 0.05) is 17.6 Å². The fourth-order valence-electron chi connectivity index (χ4n) is 1.77. The van der Waals surface area contributed by atoms with E-state index in [1.54, 1.807) is 10.8 Å². The van der Waals surface area contributed by atoms with Crippen LogP contribution < -0.4 is 5.43 Å². The zero-order chi connectivity index (χ0) is 12.4. The van der Waals surface area contributed by atoms with E-state index in [0.717, 1.165) is 11.1 Å². The van der Waals surface area contributed by atoms with Gasteiger partial charge in [-0.05, 0) is 19.1 Å². The summed E-state index contributed by atoms with van der Waals surface area (Å²) in [4.78, 5) is 23.0. The summed E-state index contributed by atoms with van der Waals surface area (Å²) in [6.45, 7) is 2.03. The molecule has 4 nitrogen and oxygen atoms in total. The Morgan fingerprint density at radius 2 is 2.12 bits per heavy atom. The number of rotatable bonds is 2. The van der Waals surface area contributed by atoms with E-state index in [1.807, 2.05) is 25.1 Å². The minimum atomic E-state index is -0.337. The van der Waals surface area contributed by atoms with Gasteiger partial charge in [-0.1, -0.05) is 11.6 Å². The summed E-state index contributed by atoms with van der Waals surface area (Å²) in [6.07, 6.45) is 1.61. The number of hydrogen-bond donors (Lipinski definition) is 0. The first-order valence-corrected chi connectivity index (χ1v) is 5.28. The van der Waals surface area contributed by atoms with Crippen molar-refractivity contribution in [2.45, 2.75) is 13.5 Å². The molecule has 0 aliphatic rings. The highest BCUT2D eigenvalue weighted by molar-refractivity contribution is 5.81. The number of aryl methyl sites for hydroxylation is 1. The van der Waals surface area contributed by atoms with E-state index in [-0.39, 0.29) is 17.9 Å². The molecular weight excluding hydrogens is 218 g/mol. The summed E-state index contributed by atoms with van der Waals surface area (Å²) in [6, 6.07) is 7.04. The predicted molar refractivity (Wildman–Crippen MR) is 65.0 cm³/mol. The highest BCUT2D eigenvalue weighted by Crippen LogP contribution is 2.12.